The topological polar surface area (TPSA) is 123 Å². The van der Waals surface area contributed by atoms with Crippen LogP contribution >= 0.6 is 15.9 Å². The third-order valence-corrected chi connectivity index (χ3v) is 5.26. The maximum atomic E-state index is 12.2. The molecule has 4 N–H and O–H groups in total. The number of pyridine rings is 1. The van der Waals surface area contributed by atoms with E-state index in [4.69, 9.17) is 10.5 Å². The van der Waals surface area contributed by atoms with Gasteiger partial charge in [0.1, 0.15) is 10.7 Å². The lowest BCUT2D eigenvalue weighted by Gasteiger charge is -2.11. The monoisotopic (exact) mass is 406 g/mol. The van der Waals surface area contributed by atoms with Crippen LogP contribution in [0.4, 0.5) is 5.82 Å². The van der Waals surface area contributed by atoms with Gasteiger partial charge in [-0.1, -0.05) is 0 Å². The number of hydrogen-bond donors (Lipinski definition) is 3. The second-order valence-corrected chi connectivity index (χ2v) is 7.77. The number of nitrogen functional groups attached to an aromatic ring is 1. The Kier molecular flexibility index (Phi) is 6.33. The van der Waals surface area contributed by atoms with Gasteiger partial charge in [0, 0.05) is 36.8 Å². The molecule has 1 fully saturated rings. The van der Waals surface area contributed by atoms with Crippen LogP contribution in [0, 0.1) is 0 Å². The lowest BCUT2D eigenvalue weighted by Crippen LogP contribution is -2.34. The minimum absolute atomic E-state index is 0.0222. The molecule has 1 aromatic heterocycles. The number of halogens is 1. The first-order valence-electron chi connectivity index (χ1n) is 7.17. The van der Waals surface area contributed by atoms with Crippen molar-refractivity contribution in [2.75, 3.05) is 25.4 Å². The lowest BCUT2D eigenvalue weighted by atomic mass is 10.2. The molecular formula is C13H19BrN4O4S. The molecule has 1 atom stereocenters. The van der Waals surface area contributed by atoms with Crippen molar-refractivity contribution in [1.29, 1.82) is 0 Å². The number of aromatic nitrogens is 1. The van der Waals surface area contributed by atoms with E-state index in [0.717, 1.165) is 19.4 Å². The smallest absolute Gasteiger partial charge is 0.244 e. The fourth-order valence-electron chi connectivity index (χ4n) is 2.14. The molecule has 10 heteroatoms. The molecule has 8 nitrogen and oxygen atoms in total. The maximum absolute atomic E-state index is 12.2. The van der Waals surface area contributed by atoms with Crippen LogP contribution in [0.5, 0.6) is 0 Å². The third-order valence-electron chi connectivity index (χ3n) is 3.33. The van der Waals surface area contributed by atoms with E-state index in [9.17, 15) is 13.2 Å². The van der Waals surface area contributed by atoms with Gasteiger partial charge in [-0.3, -0.25) is 4.79 Å². The number of nitrogens with one attached hydrogen (secondary N) is 2. The zero-order valence-electron chi connectivity index (χ0n) is 12.4. The summed E-state index contributed by atoms with van der Waals surface area (Å²) in [5.74, 6) is -0.327. The Morgan fingerprint density at radius 1 is 1.52 bits per heavy atom. The summed E-state index contributed by atoms with van der Waals surface area (Å²) in [6.07, 6.45) is 3.44. The summed E-state index contributed by atoms with van der Waals surface area (Å²) in [4.78, 5) is 15.4. The Morgan fingerprint density at radius 2 is 2.30 bits per heavy atom. The summed E-state index contributed by atoms with van der Waals surface area (Å²) in [6, 6.07) is 1.36. The average molecular weight is 407 g/mol. The number of amides is 1. The molecule has 23 heavy (non-hydrogen) atoms. The van der Waals surface area contributed by atoms with E-state index in [-0.39, 0.29) is 35.7 Å². The lowest BCUT2D eigenvalue weighted by molar-refractivity contribution is -0.121. The third kappa shape index (κ3) is 5.41. The molecule has 2 heterocycles. The maximum Gasteiger partial charge on any atom is 0.244 e. The summed E-state index contributed by atoms with van der Waals surface area (Å²) < 4.78 is 32.5. The first kappa shape index (κ1) is 18.1. The number of ether oxygens (including phenoxy) is 1. The Labute approximate surface area is 143 Å². The van der Waals surface area contributed by atoms with Crippen LogP contribution in [0.1, 0.15) is 19.3 Å². The van der Waals surface area contributed by atoms with Crippen molar-refractivity contribution in [3.63, 3.8) is 0 Å². The van der Waals surface area contributed by atoms with Crippen LogP contribution in [0.15, 0.2) is 21.6 Å². The Morgan fingerprint density at radius 3 is 3.00 bits per heavy atom. The van der Waals surface area contributed by atoms with Crippen LogP contribution in [0.2, 0.25) is 0 Å². The summed E-state index contributed by atoms with van der Waals surface area (Å²) in [5.41, 5.74) is 5.58. The standard InChI is InChI=1S/C13H19BrN4O4S/c14-9-6-11(13(15)17-7-9)23(20,21)18-4-3-12(19)16-8-10-2-1-5-22-10/h6-7,10,18H,1-5,8H2,(H2,15,17)(H,16,19)/t10-/m1/s1. The molecule has 0 bridgehead atoms. The van der Waals surface area contributed by atoms with Crippen molar-refractivity contribution in [1.82, 2.24) is 15.0 Å². The molecule has 1 aliphatic rings. The van der Waals surface area contributed by atoms with Gasteiger partial charge in [0.15, 0.2) is 0 Å². The van der Waals surface area contributed by atoms with Gasteiger partial charge in [-0.25, -0.2) is 18.1 Å². The molecular weight excluding hydrogens is 388 g/mol. The van der Waals surface area contributed by atoms with Crippen molar-refractivity contribution in [2.45, 2.75) is 30.3 Å². The van der Waals surface area contributed by atoms with Gasteiger partial charge in [0.05, 0.1) is 6.10 Å². The van der Waals surface area contributed by atoms with Crippen molar-refractivity contribution >= 4 is 37.7 Å². The first-order valence-corrected chi connectivity index (χ1v) is 9.45. The minimum atomic E-state index is -3.81. The zero-order valence-corrected chi connectivity index (χ0v) is 14.8. The predicted octanol–water partition coefficient (Wildman–Crippen LogP) is 0.390. The molecule has 1 amide bonds. The number of hydrogen-bond acceptors (Lipinski definition) is 6. The molecule has 128 valence electrons. The van der Waals surface area contributed by atoms with E-state index in [1.807, 2.05) is 0 Å². The molecule has 0 spiro atoms. The second-order valence-electron chi connectivity index (χ2n) is 5.12. The van der Waals surface area contributed by atoms with Crippen molar-refractivity contribution < 1.29 is 17.9 Å². The quantitative estimate of drug-likeness (QED) is 0.601. The summed E-state index contributed by atoms with van der Waals surface area (Å²) >= 11 is 3.15. The van der Waals surface area contributed by atoms with Gasteiger partial charge < -0.3 is 15.8 Å². The van der Waals surface area contributed by atoms with Gasteiger partial charge in [0.25, 0.3) is 0 Å². The molecule has 0 radical (unpaired) electrons. The fourth-order valence-corrected chi connectivity index (χ4v) is 3.76. The molecule has 1 aliphatic heterocycles. The molecule has 0 aliphatic carbocycles. The van der Waals surface area contributed by atoms with Crippen LogP contribution < -0.4 is 15.8 Å². The van der Waals surface area contributed by atoms with E-state index in [2.05, 4.69) is 31.0 Å². The van der Waals surface area contributed by atoms with E-state index in [0.29, 0.717) is 11.0 Å². The highest BCUT2D eigenvalue weighted by Gasteiger charge is 2.19. The number of carbonyl (C=O) groups is 1. The SMILES string of the molecule is Nc1ncc(Br)cc1S(=O)(=O)NCCC(=O)NC[C@H]1CCCO1. The Hall–Kier alpha value is -1.23. The molecule has 1 aromatic rings. The Bertz CT molecular complexity index is 662. The van der Waals surface area contributed by atoms with Gasteiger partial charge >= 0.3 is 0 Å². The van der Waals surface area contributed by atoms with Gasteiger partial charge in [-0.15, -0.1) is 0 Å². The summed E-state index contributed by atoms with van der Waals surface area (Å²) in [6.45, 7) is 1.15. The van der Waals surface area contributed by atoms with Crippen molar-refractivity contribution in [3.8, 4) is 0 Å². The minimum Gasteiger partial charge on any atom is -0.383 e. The number of sulfonamides is 1. The number of anilines is 1. The molecule has 2 rings (SSSR count). The molecule has 0 aromatic carbocycles. The Balaban J connectivity index is 1.80. The van der Waals surface area contributed by atoms with Gasteiger partial charge in [-0.2, -0.15) is 0 Å². The highest BCUT2D eigenvalue weighted by Crippen LogP contribution is 2.20. The summed E-state index contributed by atoms with van der Waals surface area (Å²) in [5, 5.41) is 2.73. The normalized spacial score (nSPS) is 18.0. The number of carbonyl (C=O) groups excluding carboxylic acids is 1. The van der Waals surface area contributed by atoms with Crippen molar-refractivity contribution in [2.24, 2.45) is 0 Å². The van der Waals surface area contributed by atoms with E-state index >= 15 is 0 Å². The van der Waals surface area contributed by atoms with Crippen LogP contribution in [-0.2, 0) is 19.6 Å². The molecule has 0 saturated carbocycles. The molecule has 0 unspecified atom stereocenters. The second kappa shape index (κ2) is 8.04. The van der Waals surface area contributed by atoms with Crippen LogP contribution in [0.25, 0.3) is 0 Å². The predicted molar refractivity (Wildman–Crippen MR) is 88.1 cm³/mol. The highest BCUT2D eigenvalue weighted by molar-refractivity contribution is 9.10. The van der Waals surface area contributed by atoms with E-state index in [1.54, 1.807) is 0 Å². The summed E-state index contributed by atoms with van der Waals surface area (Å²) in [7, 11) is -3.81. The van der Waals surface area contributed by atoms with Gasteiger partial charge in [-0.05, 0) is 34.8 Å². The van der Waals surface area contributed by atoms with Crippen molar-refractivity contribution in [3.05, 3.63) is 16.7 Å². The molecule has 1 saturated heterocycles. The number of nitrogens with zero attached hydrogens (tertiary/aromatic N) is 1. The van der Waals surface area contributed by atoms with Crippen LogP contribution in [-0.4, -0.2) is 45.1 Å². The highest BCUT2D eigenvalue weighted by atomic mass is 79.9. The fraction of sp³-hybridized carbons (Fsp3) is 0.538. The largest absolute Gasteiger partial charge is 0.383 e. The van der Waals surface area contributed by atoms with E-state index < -0.39 is 10.0 Å². The number of rotatable bonds is 7. The first-order chi connectivity index (χ1) is 10.9. The zero-order chi connectivity index (χ0) is 16.9. The van der Waals surface area contributed by atoms with Crippen LogP contribution in [0.3, 0.4) is 0 Å². The number of nitrogens with two attached hydrogens (primary N) is 1. The van der Waals surface area contributed by atoms with Gasteiger partial charge in [0.2, 0.25) is 15.9 Å². The van der Waals surface area contributed by atoms with E-state index in [1.165, 1.54) is 12.3 Å². The average Bonchev–Trinajstić information content (AvgIpc) is 3.00.